The Morgan fingerprint density at radius 3 is 2.88 bits per heavy atom. The zero-order valence-electron chi connectivity index (χ0n) is 3.95. The van der Waals surface area contributed by atoms with Gasteiger partial charge in [-0.3, -0.25) is 0 Å². The van der Waals surface area contributed by atoms with Crippen molar-refractivity contribution in [1.29, 1.82) is 0 Å². The van der Waals surface area contributed by atoms with Gasteiger partial charge in [0.15, 0.2) is 0 Å². The van der Waals surface area contributed by atoms with Crippen molar-refractivity contribution >= 4 is 0 Å². The minimum absolute atomic E-state index is 0.336. The lowest BCUT2D eigenvalue weighted by Gasteiger charge is -1.85. The third-order valence-electron chi connectivity index (χ3n) is 0.653. The summed E-state index contributed by atoms with van der Waals surface area (Å²) in [5.41, 5.74) is 0. The van der Waals surface area contributed by atoms with Crippen molar-refractivity contribution in [3.63, 3.8) is 0 Å². The van der Waals surface area contributed by atoms with Crippen molar-refractivity contribution in [3.05, 3.63) is 12.4 Å². The van der Waals surface area contributed by atoms with E-state index in [2.05, 4.69) is 10.1 Å². The Bertz CT molecular complexity index is 175. The molecule has 1 aromatic heterocycles. The van der Waals surface area contributed by atoms with Gasteiger partial charge in [0.25, 0.3) is 0 Å². The van der Waals surface area contributed by atoms with Gasteiger partial charge >= 0.3 is 6.08 Å². The maximum atomic E-state index is 11.8. The molecule has 0 aliphatic heterocycles. The molecule has 5 heteroatoms. The molecule has 0 bridgehead atoms. The van der Waals surface area contributed by atoms with Crippen LogP contribution in [0, 0.1) is 6.08 Å². The second-order valence-electron chi connectivity index (χ2n) is 1.19. The molecule has 0 aliphatic carbocycles. The number of hydrogen-bond donors (Lipinski definition) is 1. The first kappa shape index (κ1) is 5.17. The van der Waals surface area contributed by atoms with Gasteiger partial charge in [0.05, 0.1) is 0 Å². The van der Waals surface area contributed by atoms with Crippen LogP contribution in [0.4, 0.5) is 4.39 Å². The highest BCUT2D eigenvalue weighted by atomic mass is 19.1. The van der Waals surface area contributed by atoms with Crippen molar-refractivity contribution in [1.82, 2.24) is 14.8 Å². The summed E-state index contributed by atoms with van der Waals surface area (Å²) >= 11 is 0. The molecule has 0 aliphatic rings. The standard InChI is InChI=1S/C3H4FN3O/c4-3-5-1-7(2-8)6-3/h1,8H,2H2. The minimum atomic E-state index is -0.820. The number of rotatable bonds is 1. The van der Waals surface area contributed by atoms with E-state index in [0.29, 0.717) is 0 Å². The van der Waals surface area contributed by atoms with Gasteiger partial charge in [0, 0.05) is 0 Å². The van der Waals surface area contributed by atoms with Crippen LogP contribution in [0.15, 0.2) is 6.33 Å². The van der Waals surface area contributed by atoms with Crippen LogP contribution in [0.3, 0.4) is 0 Å². The lowest BCUT2D eigenvalue weighted by Crippen LogP contribution is -1.96. The van der Waals surface area contributed by atoms with Gasteiger partial charge in [-0.2, -0.15) is 9.37 Å². The molecule has 4 nitrogen and oxygen atoms in total. The predicted molar refractivity (Wildman–Crippen MR) is 22.2 cm³/mol. The first-order chi connectivity index (χ1) is 3.83. The summed E-state index contributed by atoms with van der Waals surface area (Å²) in [4.78, 5) is 3.11. The largest absolute Gasteiger partial charge is 0.374 e. The van der Waals surface area contributed by atoms with Crippen LogP contribution in [0.5, 0.6) is 0 Å². The number of halogens is 1. The van der Waals surface area contributed by atoms with E-state index in [1.165, 1.54) is 0 Å². The summed E-state index contributed by atoms with van der Waals surface area (Å²) in [6.07, 6.45) is 0.286. The fraction of sp³-hybridized carbons (Fsp3) is 0.333. The smallest absolute Gasteiger partial charge is 0.327 e. The molecule has 0 unspecified atom stereocenters. The maximum absolute atomic E-state index is 11.8. The van der Waals surface area contributed by atoms with E-state index in [4.69, 9.17) is 5.11 Å². The molecule has 0 saturated carbocycles. The topological polar surface area (TPSA) is 50.9 Å². The molecule has 0 atom stereocenters. The minimum Gasteiger partial charge on any atom is -0.374 e. The van der Waals surface area contributed by atoms with Crippen molar-refractivity contribution in [2.75, 3.05) is 0 Å². The molecular weight excluding hydrogens is 113 g/mol. The average Bonchev–Trinajstić information content (AvgIpc) is 2.14. The van der Waals surface area contributed by atoms with E-state index in [1.807, 2.05) is 0 Å². The molecule has 1 aromatic rings. The van der Waals surface area contributed by atoms with Gasteiger partial charge in [-0.15, -0.1) is 5.10 Å². The summed E-state index contributed by atoms with van der Waals surface area (Å²) in [5.74, 6) is 0. The van der Waals surface area contributed by atoms with Crippen molar-refractivity contribution in [3.8, 4) is 0 Å². The number of aliphatic hydroxyl groups excluding tert-OH is 1. The Hall–Kier alpha value is -0.970. The molecule has 0 saturated heterocycles. The van der Waals surface area contributed by atoms with Gasteiger partial charge < -0.3 is 5.11 Å². The first-order valence-electron chi connectivity index (χ1n) is 1.99. The highest BCUT2D eigenvalue weighted by Crippen LogP contribution is 1.82. The zero-order valence-corrected chi connectivity index (χ0v) is 3.95. The molecule has 0 amide bonds. The fourth-order valence-corrected chi connectivity index (χ4v) is 0.340. The SMILES string of the molecule is OCn1cnc(F)n1. The second kappa shape index (κ2) is 1.87. The van der Waals surface area contributed by atoms with Gasteiger partial charge in [-0.1, -0.05) is 0 Å². The molecule has 0 spiro atoms. The molecular formula is C3H4FN3O. The Labute approximate surface area is 44.6 Å². The zero-order chi connectivity index (χ0) is 5.98. The Morgan fingerprint density at radius 2 is 2.62 bits per heavy atom. The van der Waals surface area contributed by atoms with Gasteiger partial charge in [-0.25, -0.2) is 4.68 Å². The average molecular weight is 117 g/mol. The van der Waals surface area contributed by atoms with Gasteiger partial charge in [-0.05, 0) is 0 Å². The normalized spacial score (nSPS) is 9.75. The molecule has 1 N–H and O–H groups in total. The van der Waals surface area contributed by atoms with E-state index in [1.54, 1.807) is 0 Å². The highest BCUT2D eigenvalue weighted by molar-refractivity contribution is 4.56. The summed E-state index contributed by atoms with van der Waals surface area (Å²) in [7, 11) is 0. The van der Waals surface area contributed by atoms with Crippen molar-refractivity contribution < 1.29 is 9.50 Å². The molecule has 1 rings (SSSR count). The van der Waals surface area contributed by atoms with Crippen LogP contribution in [0.25, 0.3) is 0 Å². The van der Waals surface area contributed by atoms with E-state index < -0.39 is 6.08 Å². The maximum Gasteiger partial charge on any atom is 0.327 e. The van der Waals surface area contributed by atoms with Gasteiger partial charge in [0.1, 0.15) is 13.1 Å². The number of nitrogens with zero attached hydrogens (tertiary/aromatic N) is 3. The third kappa shape index (κ3) is 0.812. The van der Waals surface area contributed by atoms with Gasteiger partial charge in [0.2, 0.25) is 0 Å². The predicted octanol–water partition coefficient (Wildman–Crippen LogP) is -0.633. The summed E-state index contributed by atoms with van der Waals surface area (Å²) in [6.45, 7) is -0.336. The monoisotopic (exact) mass is 117 g/mol. The van der Waals surface area contributed by atoms with Crippen LogP contribution in [0.2, 0.25) is 0 Å². The van der Waals surface area contributed by atoms with Crippen LogP contribution < -0.4 is 0 Å². The van der Waals surface area contributed by atoms with E-state index >= 15 is 0 Å². The Balaban J connectivity index is 2.84. The number of aliphatic hydroxyl groups is 1. The Kier molecular flexibility index (Phi) is 1.21. The van der Waals surface area contributed by atoms with Crippen molar-refractivity contribution in [2.45, 2.75) is 6.73 Å². The molecule has 44 valence electrons. The molecule has 8 heavy (non-hydrogen) atoms. The van der Waals surface area contributed by atoms with Crippen LogP contribution in [0.1, 0.15) is 0 Å². The second-order valence-corrected chi connectivity index (χ2v) is 1.19. The summed E-state index contributed by atoms with van der Waals surface area (Å²) < 4.78 is 12.7. The van der Waals surface area contributed by atoms with Crippen LogP contribution in [-0.4, -0.2) is 19.9 Å². The van der Waals surface area contributed by atoms with Crippen molar-refractivity contribution in [2.24, 2.45) is 0 Å². The summed E-state index contributed by atoms with van der Waals surface area (Å²) in [6, 6.07) is 0. The van der Waals surface area contributed by atoms with E-state index in [-0.39, 0.29) is 6.73 Å². The third-order valence-corrected chi connectivity index (χ3v) is 0.653. The number of aromatic nitrogens is 3. The Morgan fingerprint density at radius 1 is 1.88 bits per heavy atom. The van der Waals surface area contributed by atoms with Crippen LogP contribution >= 0.6 is 0 Å². The molecule has 0 radical (unpaired) electrons. The molecule has 0 aromatic carbocycles. The quantitative estimate of drug-likeness (QED) is 0.532. The fourth-order valence-electron chi connectivity index (χ4n) is 0.340. The lowest BCUT2D eigenvalue weighted by molar-refractivity contribution is 0.192. The molecule has 0 fully saturated rings. The molecule has 1 heterocycles. The first-order valence-corrected chi connectivity index (χ1v) is 1.99. The number of hydrogen-bond acceptors (Lipinski definition) is 3. The highest BCUT2D eigenvalue weighted by Gasteiger charge is 1.92. The summed E-state index contributed by atoms with van der Waals surface area (Å²) in [5, 5.41) is 11.4. The van der Waals surface area contributed by atoms with E-state index in [9.17, 15) is 4.39 Å². The van der Waals surface area contributed by atoms with Crippen LogP contribution in [-0.2, 0) is 6.73 Å². The lowest BCUT2D eigenvalue weighted by atomic mass is 11.2. The van der Waals surface area contributed by atoms with E-state index in [0.717, 1.165) is 11.0 Å².